The van der Waals surface area contributed by atoms with Crippen LogP contribution in [0.5, 0.6) is 0 Å². The molecule has 0 bridgehead atoms. The molecule has 0 unspecified atom stereocenters. The summed E-state index contributed by atoms with van der Waals surface area (Å²) in [5, 5.41) is 8.89. The van der Waals surface area contributed by atoms with Crippen LogP contribution in [-0.4, -0.2) is 21.0 Å². The highest BCUT2D eigenvalue weighted by atomic mass is 16.4. The third kappa shape index (κ3) is 3.09. The van der Waals surface area contributed by atoms with Crippen LogP contribution in [-0.2, 0) is 0 Å². The van der Waals surface area contributed by atoms with Gasteiger partial charge in [-0.15, -0.1) is 0 Å². The van der Waals surface area contributed by atoms with Crippen LogP contribution in [0.1, 0.15) is 21.8 Å². The van der Waals surface area contributed by atoms with E-state index >= 15 is 0 Å². The quantitative estimate of drug-likeness (QED) is 0.795. The smallest absolute Gasteiger partial charge is 0.335 e. The van der Waals surface area contributed by atoms with Gasteiger partial charge in [-0.05, 0) is 42.5 Å². The Morgan fingerprint density at radius 1 is 1.05 bits per heavy atom. The zero-order valence-electron chi connectivity index (χ0n) is 11.5. The summed E-state index contributed by atoms with van der Waals surface area (Å²) in [6.45, 7) is 0. The van der Waals surface area contributed by atoms with E-state index in [1.165, 1.54) is 6.33 Å². The van der Waals surface area contributed by atoms with Gasteiger partial charge in [0.15, 0.2) is 0 Å². The Bertz CT molecular complexity index is 805. The van der Waals surface area contributed by atoms with E-state index in [4.69, 9.17) is 9.52 Å². The highest BCUT2D eigenvalue weighted by molar-refractivity contribution is 5.88. The van der Waals surface area contributed by atoms with Gasteiger partial charge in [0, 0.05) is 11.8 Å². The number of furan rings is 1. The fourth-order valence-corrected chi connectivity index (χ4v) is 1.94. The Balaban J connectivity index is 1.79. The number of benzene rings is 1. The van der Waals surface area contributed by atoms with Crippen molar-refractivity contribution < 1.29 is 14.3 Å². The first-order valence-corrected chi connectivity index (χ1v) is 6.60. The molecule has 108 valence electrons. The minimum absolute atomic E-state index is 0.249. The van der Waals surface area contributed by atoms with E-state index in [0.29, 0.717) is 11.5 Å². The third-order valence-corrected chi connectivity index (χ3v) is 3.07. The van der Waals surface area contributed by atoms with Gasteiger partial charge in [-0.1, -0.05) is 12.1 Å². The fourth-order valence-electron chi connectivity index (χ4n) is 1.94. The normalized spacial score (nSPS) is 10.9. The molecule has 0 aliphatic heterocycles. The number of hydrogen-bond donors (Lipinski definition) is 1. The Morgan fingerprint density at radius 2 is 1.86 bits per heavy atom. The summed E-state index contributed by atoms with van der Waals surface area (Å²) in [7, 11) is 0. The van der Waals surface area contributed by atoms with Crippen LogP contribution in [0.3, 0.4) is 0 Å². The van der Waals surface area contributed by atoms with Crippen molar-refractivity contribution in [3.8, 4) is 11.3 Å². The minimum Gasteiger partial charge on any atom is -0.478 e. The summed E-state index contributed by atoms with van der Waals surface area (Å²) < 4.78 is 5.71. The first kappa shape index (κ1) is 13.8. The summed E-state index contributed by atoms with van der Waals surface area (Å²) in [4.78, 5) is 18.8. The van der Waals surface area contributed by atoms with Gasteiger partial charge in [0.2, 0.25) is 0 Å². The molecule has 2 aromatic heterocycles. The number of rotatable bonds is 4. The fraction of sp³-hybridized carbons (Fsp3) is 0. The molecule has 2 heterocycles. The van der Waals surface area contributed by atoms with Crippen molar-refractivity contribution in [2.24, 2.45) is 0 Å². The van der Waals surface area contributed by atoms with Gasteiger partial charge in [-0.25, -0.2) is 14.8 Å². The zero-order valence-corrected chi connectivity index (χ0v) is 11.5. The third-order valence-electron chi connectivity index (χ3n) is 3.07. The van der Waals surface area contributed by atoms with Gasteiger partial charge in [0.25, 0.3) is 0 Å². The van der Waals surface area contributed by atoms with Crippen LogP contribution in [0.25, 0.3) is 23.5 Å². The molecule has 3 aromatic rings. The molecule has 0 saturated carbocycles. The summed E-state index contributed by atoms with van der Waals surface area (Å²) in [5.41, 5.74) is 1.87. The van der Waals surface area contributed by atoms with E-state index in [1.54, 1.807) is 36.5 Å². The number of carboxylic acid groups (broad SMARTS) is 1. The molecule has 0 amide bonds. The summed E-state index contributed by atoms with van der Waals surface area (Å²) in [6, 6.07) is 12.0. The van der Waals surface area contributed by atoms with Gasteiger partial charge in [0.1, 0.15) is 17.8 Å². The summed E-state index contributed by atoms with van der Waals surface area (Å²) >= 11 is 0. The summed E-state index contributed by atoms with van der Waals surface area (Å²) in [6.07, 6.45) is 6.80. The second kappa shape index (κ2) is 6.05. The SMILES string of the molecule is O=C(O)c1ccc(-c2ccc(C=Cc3ccncn3)o2)cc1. The molecule has 5 heteroatoms. The molecule has 3 rings (SSSR count). The molecule has 0 fully saturated rings. The van der Waals surface area contributed by atoms with Crippen LogP contribution < -0.4 is 0 Å². The lowest BCUT2D eigenvalue weighted by atomic mass is 10.1. The lowest BCUT2D eigenvalue weighted by Gasteiger charge is -1.98. The number of aromatic nitrogens is 2. The van der Waals surface area contributed by atoms with Crippen LogP contribution in [0.2, 0.25) is 0 Å². The van der Waals surface area contributed by atoms with E-state index in [1.807, 2.05) is 24.3 Å². The second-order valence-corrected chi connectivity index (χ2v) is 4.55. The molecule has 0 aliphatic rings. The second-order valence-electron chi connectivity index (χ2n) is 4.55. The molecule has 0 saturated heterocycles. The molecule has 0 atom stereocenters. The van der Waals surface area contributed by atoms with Crippen molar-refractivity contribution in [1.29, 1.82) is 0 Å². The Labute approximate surface area is 126 Å². The maximum Gasteiger partial charge on any atom is 0.335 e. The van der Waals surface area contributed by atoms with Gasteiger partial charge >= 0.3 is 5.97 Å². The number of carboxylic acids is 1. The van der Waals surface area contributed by atoms with E-state index in [9.17, 15) is 4.79 Å². The van der Waals surface area contributed by atoms with Gasteiger partial charge in [-0.2, -0.15) is 0 Å². The predicted octanol–water partition coefficient (Wildman–Crippen LogP) is 3.61. The molecule has 5 nitrogen and oxygen atoms in total. The molecular weight excluding hydrogens is 280 g/mol. The lowest BCUT2D eigenvalue weighted by Crippen LogP contribution is -1.94. The van der Waals surface area contributed by atoms with Crippen molar-refractivity contribution in [3.05, 3.63) is 72.0 Å². The first-order chi connectivity index (χ1) is 10.7. The topological polar surface area (TPSA) is 76.2 Å². The van der Waals surface area contributed by atoms with E-state index in [0.717, 1.165) is 11.3 Å². The molecular formula is C17H12N2O3. The zero-order chi connectivity index (χ0) is 15.4. The van der Waals surface area contributed by atoms with Crippen molar-refractivity contribution in [2.45, 2.75) is 0 Å². The molecule has 0 spiro atoms. The van der Waals surface area contributed by atoms with Crippen molar-refractivity contribution in [1.82, 2.24) is 9.97 Å². The van der Waals surface area contributed by atoms with Gasteiger partial charge in [0.05, 0.1) is 11.3 Å². The number of hydrogen-bond acceptors (Lipinski definition) is 4. The number of aromatic carboxylic acids is 1. The predicted molar refractivity (Wildman–Crippen MR) is 82.1 cm³/mol. The lowest BCUT2D eigenvalue weighted by molar-refractivity contribution is 0.0697. The molecule has 0 radical (unpaired) electrons. The van der Waals surface area contributed by atoms with E-state index in [-0.39, 0.29) is 5.56 Å². The average Bonchev–Trinajstić information content (AvgIpc) is 3.03. The van der Waals surface area contributed by atoms with E-state index in [2.05, 4.69) is 9.97 Å². The molecule has 22 heavy (non-hydrogen) atoms. The Kier molecular flexibility index (Phi) is 3.78. The number of carbonyl (C=O) groups is 1. The molecule has 1 N–H and O–H groups in total. The van der Waals surface area contributed by atoms with Gasteiger partial charge in [-0.3, -0.25) is 0 Å². The molecule has 1 aromatic carbocycles. The largest absolute Gasteiger partial charge is 0.478 e. The highest BCUT2D eigenvalue weighted by Gasteiger charge is 2.06. The van der Waals surface area contributed by atoms with Crippen molar-refractivity contribution >= 4 is 18.1 Å². The maximum absolute atomic E-state index is 10.8. The van der Waals surface area contributed by atoms with Crippen LogP contribution >= 0.6 is 0 Å². The van der Waals surface area contributed by atoms with Crippen molar-refractivity contribution in [3.63, 3.8) is 0 Å². The number of nitrogens with zero attached hydrogens (tertiary/aromatic N) is 2. The maximum atomic E-state index is 10.8. The average molecular weight is 292 g/mol. The monoisotopic (exact) mass is 292 g/mol. The minimum atomic E-state index is -0.945. The van der Waals surface area contributed by atoms with E-state index < -0.39 is 5.97 Å². The van der Waals surface area contributed by atoms with Gasteiger partial charge < -0.3 is 9.52 Å². The first-order valence-electron chi connectivity index (χ1n) is 6.60. The summed E-state index contributed by atoms with van der Waals surface area (Å²) in [5.74, 6) is 0.426. The van der Waals surface area contributed by atoms with Crippen molar-refractivity contribution in [2.75, 3.05) is 0 Å². The highest BCUT2D eigenvalue weighted by Crippen LogP contribution is 2.23. The standard InChI is InChI=1S/C17H12N2O3/c20-17(21)13-3-1-12(2-4-13)16-8-7-15(22-16)6-5-14-9-10-18-11-19-14/h1-11H,(H,20,21). The Morgan fingerprint density at radius 3 is 2.55 bits per heavy atom. The van der Waals surface area contributed by atoms with Crippen LogP contribution in [0, 0.1) is 0 Å². The van der Waals surface area contributed by atoms with Crippen LogP contribution in [0.4, 0.5) is 0 Å². The molecule has 0 aliphatic carbocycles. The van der Waals surface area contributed by atoms with Crippen LogP contribution in [0.15, 0.2) is 59.4 Å². The Hall–Kier alpha value is -3.21.